The second kappa shape index (κ2) is 4.02. The topological polar surface area (TPSA) is 76.3 Å². The maximum atomic E-state index is 12.4. The van der Waals surface area contributed by atoms with E-state index in [1.165, 1.54) is 0 Å². The maximum Gasteiger partial charge on any atom is 0.245 e. The van der Waals surface area contributed by atoms with Crippen LogP contribution in [0.5, 0.6) is 0 Å². The molecule has 3 aliphatic rings. The van der Waals surface area contributed by atoms with E-state index in [0.29, 0.717) is 18.4 Å². The minimum absolute atomic E-state index is 0.168. The molecule has 2 heterocycles. The molecule has 1 aliphatic heterocycles. The summed E-state index contributed by atoms with van der Waals surface area (Å²) >= 11 is 0. The van der Waals surface area contributed by atoms with E-state index in [9.17, 15) is 8.42 Å². The summed E-state index contributed by atoms with van der Waals surface area (Å²) in [5, 5.41) is 3.82. The van der Waals surface area contributed by atoms with Crippen LogP contribution in [-0.2, 0) is 10.0 Å². The maximum absolute atomic E-state index is 12.4. The molecular weight excluding hydrogens is 266 g/mol. The summed E-state index contributed by atoms with van der Waals surface area (Å²) in [6.07, 6.45) is 5.49. The smallest absolute Gasteiger partial charge is 0.245 e. The first-order valence-corrected chi connectivity index (χ1v) is 8.51. The van der Waals surface area contributed by atoms with E-state index in [1.54, 1.807) is 4.31 Å². The number of hydrogen-bond acceptors (Lipinski definition) is 5. The van der Waals surface area contributed by atoms with Crippen LogP contribution in [0.25, 0.3) is 0 Å². The lowest BCUT2D eigenvalue weighted by Crippen LogP contribution is -2.33. The average Bonchev–Trinajstić information content (AvgIpc) is 3.31. The highest BCUT2D eigenvalue weighted by molar-refractivity contribution is 7.90. The van der Waals surface area contributed by atoms with Crippen molar-refractivity contribution in [1.82, 2.24) is 14.4 Å². The van der Waals surface area contributed by atoms with Crippen molar-refractivity contribution in [2.75, 3.05) is 6.54 Å². The van der Waals surface area contributed by atoms with Crippen molar-refractivity contribution in [3.8, 4) is 0 Å². The van der Waals surface area contributed by atoms with E-state index >= 15 is 0 Å². The van der Waals surface area contributed by atoms with Crippen LogP contribution in [0.2, 0.25) is 0 Å². The molecule has 0 aromatic carbocycles. The van der Waals surface area contributed by atoms with Gasteiger partial charge >= 0.3 is 0 Å². The van der Waals surface area contributed by atoms with Crippen LogP contribution in [0, 0.1) is 0 Å². The van der Waals surface area contributed by atoms with Gasteiger partial charge in [-0.25, -0.2) is 8.42 Å². The lowest BCUT2D eigenvalue weighted by Gasteiger charge is -2.20. The van der Waals surface area contributed by atoms with Gasteiger partial charge in [0.25, 0.3) is 0 Å². The van der Waals surface area contributed by atoms with Gasteiger partial charge in [-0.15, -0.1) is 0 Å². The van der Waals surface area contributed by atoms with Crippen LogP contribution in [0.4, 0.5) is 0 Å². The van der Waals surface area contributed by atoms with Crippen LogP contribution in [-0.4, -0.2) is 34.7 Å². The molecule has 0 N–H and O–H groups in total. The van der Waals surface area contributed by atoms with Gasteiger partial charge in [-0.2, -0.15) is 9.29 Å². The highest BCUT2D eigenvalue weighted by atomic mass is 32.2. The van der Waals surface area contributed by atoms with Gasteiger partial charge in [0.05, 0.1) is 5.25 Å². The van der Waals surface area contributed by atoms with E-state index in [0.717, 1.165) is 44.3 Å². The molecule has 1 atom stereocenters. The Labute approximate surface area is 112 Å². The molecule has 19 heavy (non-hydrogen) atoms. The second-order valence-electron chi connectivity index (χ2n) is 5.78. The minimum Gasteiger partial charge on any atom is -0.338 e. The third-order valence-electron chi connectivity index (χ3n) is 4.16. The minimum atomic E-state index is -3.15. The number of hydrogen-bond donors (Lipinski definition) is 0. The Kier molecular flexibility index (Phi) is 2.51. The monoisotopic (exact) mass is 283 g/mol. The highest BCUT2D eigenvalue weighted by Gasteiger charge is 2.46. The normalized spacial score (nSPS) is 28.9. The van der Waals surface area contributed by atoms with Crippen molar-refractivity contribution >= 4 is 10.0 Å². The van der Waals surface area contributed by atoms with Gasteiger partial charge in [0, 0.05) is 12.5 Å². The molecule has 7 heteroatoms. The Balaban J connectivity index is 1.61. The molecule has 1 aromatic heterocycles. The van der Waals surface area contributed by atoms with Gasteiger partial charge in [0.1, 0.15) is 6.04 Å². The summed E-state index contributed by atoms with van der Waals surface area (Å²) < 4.78 is 31.6. The highest BCUT2D eigenvalue weighted by Crippen LogP contribution is 2.42. The lowest BCUT2D eigenvalue weighted by molar-refractivity contribution is 0.289. The average molecular weight is 283 g/mol. The molecule has 104 valence electrons. The van der Waals surface area contributed by atoms with Gasteiger partial charge in [-0.3, -0.25) is 0 Å². The van der Waals surface area contributed by atoms with Crippen LogP contribution >= 0.6 is 0 Å². The van der Waals surface area contributed by atoms with Crippen LogP contribution in [0.15, 0.2) is 4.52 Å². The summed E-state index contributed by atoms with van der Waals surface area (Å²) in [6, 6.07) is -0.231. The zero-order chi connectivity index (χ0) is 13.0. The number of aromatic nitrogens is 2. The molecule has 0 spiro atoms. The van der Waals surface area contributed by atoms with E-state index in [4.69, 9.17) is 4.52 Å². The molecule has 2 saturated carbocycles. The Hall–Kier alpha value is -0.950. The zero-order valence-corrected chi connectivity index (χ0v) is 11.5. The molecule has 3 fully saturated rings. The summed E-state index contributed by atoms with van der Waals surface area (Å²) in [6.45, 7) is 0.588. The first-order valence-electron chi connectivity index (χ1n) is 7.00. The van der Waals surface area contributed by atoms with Crippen LogP contribution in [0.3, 0.4) is 0 Å². The molecule has 0 amide bonds. The zero-order valence-electron chi connectivity index (χ0n) is 10.7. The number of nitrogens with zero attached hydrogens (tertiary/aromatic N) is 3. The second-order valence-corrected chi connectivity index (χ2v) is 7.94. The Morgan fingerprint density at radius 1 is 1.16 bits per heavy atom. The van der Waals surface area contributed by atoms with E-state index < -0.39 is 10.0 Å². The molecule has 0 bridgehead atoms. The van der Waals surface area contributed by atoms with Crippen molar-refractivity contribution in [2.24, 2.45) is 0 Å². The fourth-order valence-corrected chi connectivity index (χ4v) is 4.79. The molecule has 1 unspecified atom stereocenters. The van der Waals surface area contributed by atoms with Crippen molar-refractivity contribution in [3.63, 3.8) is 0 Å². The van der Waals surface area contributed by atoms with E-state index in [-0.39, 0.29) is 11.3 Å². The third-order valence-corrected chi connectivity index (χ3v) is 6.57. The van der Waals surface area contributed by atoms with Gasteiger partial charge in [-0.1, -0.05) is 5.16 Å². The fourth-order valence-electron chi connectivity index (χ4n) is 2.74. The lowest BCUT2D eigenvalue weighted by atomic mass is 10.2. The summed E-state index contributed by atoms with van der Waals surface area (Å²) in [4.78, 5) is 4.41. The predicted octanol–water partition coefficient (Wildman–Crippen LogP) is 1.58. The molecule has 1 saturated heterocycles. The van der Waals surface area contributed by atoms with Crippen molar-refractivity contribution < 1.29 is 12.9 Å². The van der Waals surface area contributed by atoms with Crippen LogP contribution in [0.1, 0.15) is 62.2 Å². The van der Waals surface area contributed by atoms with Crippen molar-refractivity contribution in [1.29, 1.82) is 0 Å². The standard InChI is InChI=1S/C12H17N3O3S/c16-19(17,9-5-6-9)15-7-1-2-10(15)12-13-11(14-18-12)8-3-4-8/h8-10H,1-7H2. The first kappa shape index (κ1) is 11.8. The Morgan fingerprint density at radius 2 is 1.95 bits per heavy atom. The SMILES string of the molecule is O=S(=O)(C1CC1)N1CCCC1c1nc(C2CC2)no1. The fraction of sp³-hybridized carbons (Fsp3) is 0.833. The Morgan fingerprint density at radius 3 is 2.63 bits per heavy atom. The number of sulfonamides is 1. The molecular formula is C12H17N3O3S. The van der Waals surface area contributed by atoms with Gasteiger partial charge in [0.15, 0.2) is 5.82 Å². The molecule has 1 aromatic rings. The largest absolute Gasteiger partial charge is 0.338 e. The molecule has 2 aliphatic carbocycles. The summed E-state index contributed by atoms with van der Waals surface area (Å²) in [5.41, 5.74) is 0. The molecule has 0 radical (unpaired) electrons. The van der Waals surface area contributed by atoms with E-state index in [2.05, 4.69) is 10.1 Å². The van der Waals surface area contributed by atoms with Gasteiger partial charge < -0.3 is 4.52 Å². The van der Waals surface area contributed by atoms with Gasteiger partial charge in [0.2, 0.25) is 15.9 Å². The summed E-state index contributed by atoms with van der Waals surface area (Å²) in [5.74, 6) is 1.68. The predicted molar refractivity (Wildman–Crippen MR) is 66.9 cm³/mol. The van der Waals surface area contributed by atoms with Crippen molar-refractivity contribution in [3.05, 3.63) is 11.7 Å². The van der Waals surface area contributed by atoms with Crippen molar-refractivity contribution in [2.45, 2.75) is 55.7 Å². The Bertz CT molecular complexity index is 589. The molecule has 4 rings (SSSR count). The quantitative estimate of drug-likeness (QED) is 0.838. The van der Waals surface area contributed by atoms with Crippen LogP contribution < -0.4 is 0 Å². The summed E-state index contributed by atoms with van der Waals surface area (Å²) in [7, 11) is -3.15. The molecule has 6 nitrogen and oxygen atoms in total. The first-order chi connectivity index (χ1) is 9.16. The van der Waals surface area contributed by atoms with E-state index in [1.807, 2.05) is 0 Å². The van der Waals surface area contributed by atoms with Gasteiger partial charge in [-0.05, 0) is 38.5 Å². The third kappa shape index (κ3) is 1.99. The number of rotatable bonds is 4.